The number of oxazole rings is 1. The number of hydrogen-bond donors (Lipinski definition) is 0. The minimum absolute atomic E-state index is 0.0555. The van der Waals surface area contributed by atoms with Gasteiger partial charge >= 0.3 is 5.76 Å². The van der Waals surface area contributed by atoms with Crippen LogP contribution >= 0.6 is 0 Å². The molecule has 0 spiro atoms. The van der Waals surface area contributed by atoms with Crippen molar-refractivity contribution >= 4 is 32.7 Å². The van der Waals surface area contributed by atoms with E-state index in [9.17, 15) is 18.0 Å². The predicted molar refractivity (Wildman–Crippen MR) is 116 cm³/mol. The molecule has 162 valence electrons. The molecule has 8 nitrogen and oxygen atoms in total. The number of carbonyl (C=O) groups is 1. The van der Waals surface area contributed by atoms with Crippen molar-refractivity contribution in [1.29, 1.82) is 0 Å². The van der Waals surface area contributed by atoms with Gasteiger partial charge in [-0.1, -0.05) is 18.2 Å². The Morgan fingerprint density at radius 3 is 2.58 bits per heavy atom. The maximum atomic E-state index is 13.3. The minimum Gasteiger partial charge on any atom is -0.408 e. The van der Waals surface area contributed by atoms with E-state index in [0.717, 1.165) is 24.8 Å². The molecule has 0 unspecified atom stereocenters. The summed E-state index contributed by atoms with van der Waals surface area (Å²) in [6, 6.07) is 11.8. The quantitative estimate of drug-likeness (QED) is 0.620. The van der Waals surface area contributed by atoms with Crippen LogP contribution in [0.4, 0.5) is 5.69 Å². The van der Waals surface area contributed by atoms with Crippen LogP contribution in [0, 0.1) is 0 Å². The first-order valence-corrected chi connectivity index (χ1v) is 11.9. The van der Waals surface area contributed by atoms with Gasteiger partial charge in [-0.2, -0.15) is 0 Å². The van der Waals surface area contributed by atoms with Crippen LogP contribution in [0.1, 0.15) is 24.8 Å². The van der Waals surface area contributed by atoms with Gasteiger partial charge in [-0.3, -0.25) is 13.7 Å². The molecule has 0 saturated carbocycles. The Bertz CT molecular complexity index is 1320. The molecule has 9 heteroatoms. The Balaban J connectivity index is 1.46. The number of rotatable bonds is 4. The number of nitrogens with zero attached hydrogens (tertiary/aromatic N) is 3. The minimum atomic E-state index is -3.80. The summed E-state index contributed by atoms with van der Waals surface area (Å²) in [7, 11) is -3.80. The van der Waals surface area contributed by atoms with Crippen LogP contribution < -0.4 is 10.1 Å². The van der Waals surface area contributed by atoms with E-state index in [1.807, 2.05) is 18.2 Å². The van der Waals surface area contributed by atoms with Crippen LogP contribution in [0.25, 0.3) is 11.1 Å². The molecule has 1 saturated heterocycles. The van der Waals surface area contributed by atoms with Crippen molar-refractivity contribution in [2.45, 2.75) is 37.1 Å². The summed E-state index contributed by atoms with van der Waals surface area (Å²) in [6.45, 7) is 1.65. The molecule has 0 atom stereocenters. The summed E-state index contributed by atoms with van der Waals surface area (Å²) in [5, 5.41) is 0. The molecule has 31 heavy (non-hydrogen) atoms. The second-order valence-electron chi connectivity index (χ2n) is 7.98. The molecule has 1 fully saturated rings. The van der Waals surface area contributed by atoms with E-state index < -0.39 is 15.8 Å². The molecule has 0 radical (unpaired) electrons. The number of para-hydroxylation sites is 1. The molecular weight excluding hydrogens is 418 g/mol. The van der Waals surface area contributed by atoms with Gasteiger partial charge in [-0.25, -0.2) is 13.2 Å². The van der Waals surface area contributed by atoms with Crippen LogP contribution in [0.3, 0.4) is 0 Å². The zero-order valence-corrected chi connectivity index (χ0v) is 17.8. The molecule has 3 aromatic rings. The lowest BCUT2D eigenvalue weighted by Gasteiger charge is -2.26. The Morgan fingerprint density at radius 1 is 1.00 bits per heavy atom. The van der Waals surface area contributed by atoms with Crippen molar-refractivity contribution in [2.24, 2.45) is 0 Å². The second kappa shape index (κ2) is 7.56. The average molecular weight is 442 g/mol. The van der Waals surface area contributed by atoms with Gasteiger partial charge in [0.15, 0.2) is 5.58 Å². The average Bonchev–Trinajstić information content (AvgIpc) is 3.35. The Labute approximate surface area is 179 Å². The van der Waals surface area contributed by atoms with Crippen LogP contribution in [0.15, 0.2) is 56.6 Å². The van der Waals surface area contributed by atoms with E-state index in [1.165, 1.54) is 21.0 Å². The van der Waals surface area contributed by atoms with Crippen LogP contribution in [-0.4, -0.2) is 43.4 Å². The lowest BCUT2D eigenvalue weighted by molar-refractivity contribution is -0.132. The van der Waals surface area contributed by atoms with Gasteiger partial charge in [-0.15, -0.1) is 0 Å². The number of fused-ring (bicyclic) bond motifs is 2. The van der Waals surface area contributed by atoms with Gasteiger partial charge in [0.1, 0.15) is 6.54 Å². The smallest absolute Gasteiger partial charge is 0.408 e. The fourth-order valence-corrected chi connectivity index (χ4v) is 5.94. The SMILES string of the molecule is O=C(Cn1c(=O)oc2cc(S(=O)(=O)N3CCc4ccccc43)ccc21)N1CCCCC1. The summed E-state index contributed by atoms with van der Waals surface area (Å²) >= 11 is 0. The van der Waals surface area contributed by atoms with Crippen molar-refractivity contribution in [1.82, 2.24) is 9.47 Å². The van der Waals surface area contributed by atoms with Gasteiger partial charge in [0.2, 0.25) is 5.91 Å². The van der Waals surface area contributed by atoms with Crippen molar-refractivity contribution in [2.75, 3.05) is 23.9 Å². The maximum Gasteiger partial charge on any atom is 0.420 e. The molecule has 2 aliphatic rings. The fraction of sp³-hybridized carbons (Fsp3) is 0.364. The number of benzene rings is 2. The highest BCUT2D eigenvalue weighted by atomic mass is 32.2. The van der Waals surface area contributed by atoms with Gasteiger partial charge in [0.05, 0.1) is 16.1 Å². The van der Waals surface area contributed by atoms with Crippen molar-refractivity contribution in [3.05, 3.63) is 58.6 Å². The normalized spacial score (nSPS) is 16.6. The highest BCUT2D eigenvalue weighted by Crippen LogP contribution is 2.33. The van der Waals surface area contributed by atoms with E-state index in [2.05, 4.69) is 0 Å². The molecule has 0 N–H and O–H groups in total. The highest BCUT2D eigenvalue weighted by Gasteiger charge is 2.31. The fourth-order valence-electron chi connectivity index (χ4n) is 4.42. The van der Waals surface area contributed by atoms with Crippen LogP contribution in [-0.2, 0) is 27.8 Å². The second-order valence-corrected chi connectivity index (χ2v) is 9.84. The number of sulfonamides is 1. The Kier molecular flexibility index (Phi) is 4.85. The number of likely N-dealkylation sites (tertiary alicyclic amines) is 1. The molecule has 0 bridgehead atoms. The Hall–Kier alpha value is -3.07. The summed E-state index contributed by atoms with van der Waals surface area (Å²) in [4.78, 5) is 26.8. The third-order valence-corrected chi connectivity index (χ3v) is 7.88. The third-order valence-electron chi connectivity index (χ3n) is 6.07. The molecule has 0 aliphatic carbocycles. The number of amides is 1. The lowest BCUT2D eigenvalue weighted by Crippen LogP contribution is -2.39. The summed E-state index contributed by atoms with van der Waals surface area (Å²) < 4.78 is 34.5. The number of piperidine rings is 1. The molecule has 1 aromatic heterocycles. The van der Waals surface area contributed by atoms with Crippen molar-refractivity contribution in [3.63, 3.8) is 0 Å². The number of hydrogen-bond acceptors (Lipinski definition) is 5. The number of aromatic nitrogens is 1. The first kappa shape index (κ1) is 19.9. The van der Waals surface area contributed by atoms with Crippen molar-refractivity contribution < 1.29 is 17.6 Å². The van der Waals surface area contributed by atoms with E-state index >= 15 is 0 Å². The topological polar surface area (TPSA) is 92.8 Å². The molecule has 5 rings (SSSR count). The zero-order chi connectivity index (χ0) is 21.6. The van der Waals surface area contributed by atoms with Gasteiger partial charge in [0, 0.05) is 25.7 Å². The predicted octanol–water partition coefficient (Wildman–Crippen LogP) is 2.36. The van der Waals surface area contributed by atoms with Gasteiger partial charge in [0.25, 0.3) is 10.0 Å². The standard InChI is InChI=1S/C22H23N3O5S/c26-21(23-11-4-1-5-12-23)15-24-19-9-8-17(14-20(19)30-22(24)27)31(28,29)25-13-10-16-6-2-3-7-18(16)25/h2-3,6-9,14H,1,4-5,10-13,15H2. The monoisotopic (exact) mass is 441 g/mol. The van der Waals surface area contributed by atoms with E-state index in [-0.39, 0.29) is 22.9 Å². The Morgan fingerprint density at radius 2 is 1.77 bits per heavy atom. The lowest BCUT2D eigenvalue weighted by atomic mass is 10.1. The van der Waals surface area contributed by atoms with E-state index in [0.29, 0.717) is 37.3 Å². The van der Waals surface area contributed by atoms with Crippen LogP contribution in [0.2, 0.25) is 0 Å². The summed E-state index contributed by atoms with van der Waals surface area (Å²) in [5.41, 5.74) is 2.23. The number of anilines is 1. The van der Waals surface area contributed by atoms with Gasteiger partial charge in [-0.05, 0) is 49.4 Å². The number of carbonyl (C=O) groups excluding carboxylic acids is 1. The molecular formula is C22H23N3O5S. The molecule has 1 amide bonds. The van der Waals surface area contributed by atoms with E-state index in [4.69, 9.17) is 4.42 Å². The summed E-state index contributed by atoms with van der Waals surface area (Å²) in [6.07, 6.45) is 3.69. The maximum absolute atomic E-state index is 13.3. The first-order chi connectivity index (χ1) is 14.9. The van der Waals surface area contributed by atoms with E-state index in [1.54, 1.807) is 17.0 Å². The third kappa shape index (κ3) is 3.42. The first-order valence-electron chi connectivity index (χ1n) is 10.5. The highest BCUT2D eigenvalue weighted by molar-refractivity contribution is 7.92. The summed E-state index contributed by atoms with van der Waals surface area (Å²) in [5.74, 6) is -0.795. The van der Waals surface area contributed by atoms with Crippen LogP contribution in [0.5, 0.6) is 0 Å². The largest absolute Gasteiger partial charge is 0.420 e. The van der Waals surface area contributed by atoms with Gasteiger partial charge < -0.3 is 9.32 Å². The molecule has 2 aromatic carbocycles. The van der Waals surface area contributed by atoms with Crippen molar-refractivity contribution in [3.8, 4) is 0 Å². The zero-order valence-electron chi connectivity index (χ0n) is 17.0. The molecule has 2 aliphatic heterocycles. The molecule has 3 heterocycles.